The smallest absolute Gasteiger partial charge is 0.326 e. The molecule has 20 heavy (non-hydrogen) atoms. The Morgan fingerprint density at radius 3 is 2.50 bits per heavy atom. The lowest BCUT2D eigenvalue weighted by molar-refractivity contribution is -0.139. The number of carboxylic acids is 1. The molecule has 0 aliphatic carbocycles. The molecule has 0 fully saturated rings. The lowest BCUT2D eigenvalue weighted by atomic mass is 10.1. The number of nitrogens with one attached hydrogen (secondary N) is 2. The van der Waals surface area contributed by atoms with Crippen molar-refractivity contribution in [2.24, 2.45) is 0 Å². The van der Waals surface area contributed by atoms with Crippen LogP contribution in [0.3, 0.4) is 0 Å². The fourth-order valence-corrected chi connectivity index (χ4v) is 1.79. The molecule has 0 bridgehead atoms. The molecule has 1 atom stereocenters. The molecule has 0 spiro atoms. The van der Waals surface area contributed by atoms with Crippen LogP contribution in [0, 0.1) is 0 Å². The average Bonchev–Trinajstić information content (AvgIpc) is 2.42. The molecule has 0 aliphatic rings. The van der Waals surface area contributed by atoms with E-state index < -0.39 is 18.0 Å². The first kappa shape index (κ1) is 16.3. The number of hydrogen-bond acceptors (Lipinski definition) is 2. The Hall–Kier alpha value is -1.75. The van der Waals surface area contributed by atoms with Crippen molar-refractivity contribution >= 4 is 23.6 Å². The molecular weight excluding hydrogens is 280 g/mol. The second-order valence-electron chi connectivity index (χ2n) is 4.49. The quantitative estimate of drug-likeness (QED) is 0.724. The molecule has 1 aromatic carbocycles. The molecule has 1 aromatic rings. The summed E-state index contributed by atoms with van der Waals surface area (Å²) in [6.07, 6.45) is 2.08. The van der Waals surface area contributed by atoms with Crippen molar-refractivity contribution in [1.29, 1.82) is 0 Å². The SMILES string of the molecule is CCCC[C@H](NC(=O)NCc1ccc(Cl)cc1)C(=O)O. The summed E-state index contributed by atoms with van der Waals surface area (Å²) >= 11 is 5.76. The molecule has 6 heteroatoms. The summed E-state index contributed by atoms with van der Waals surface area (Å²) < 4.78 is 0. The van der Waals surface area contributed by atoms with Crippen LogP contribution in [0.5, 0.6) is 0 Å². The summed E-state index contributed by atoms with van der Waals surface area (Å²) in [5.74, 6) is -1.01. The number of carbonyl (C=O) groups is 2. The van der Waals surface area contributed by atoms with Crippen molar-refractivity contribution < 1.29 is 14.7 Å². The highest BCUT2D eigenvalue weighted by atomic mass is 35.5. The molecule has 1 rings (SSSR count). The summed E-state index contributed by atoms with van der Waals surface area (Å²) in [5, 5.41) is 14.7. The Morgan fingerprint density at radius 1 is 1.30 bits per heavy atom. The van der Waals surface area contributed by atoms with Gasteiger partial charge >= 0.3 is 12.0 Å². The van der Waals surface area contributed by atoms with Crippen LogP contribution in [-0.2, 0) is 11.3 Å². The van der Waals surface area contributed by atoms with Gasteiger partial charge in [0.05, 0.1) is 0 Å². The predicted molar refractivity (Wildman–Crippen MR) is 77.8 cm³/mol. The Bertz CT molecular complexity index is 448. The number of carboxylic acid groups (broad SMARTS) is 1. The van der Waals surface area contributed by atoms with Gasteiger partial charge in [-0.05, 0) is 24.1 Å². The molecule has 0 unspecified atom stereocenters. The second kappa shape index (κ2) is 8.43. The van der Waals surface area contributed by atoms with Gasteiger partial charge in [0.15, 0.2) is 0 Å². The van der Waals surface area contributed by atoms with E-state index in [9.17, 15) is 9.59 Å². The van der Waals surface area contributed by atoms with Gasteiger partial charge in [0, 0.05) is 11.6 Å². The van der Waals surface area contributed by atoms with E-state index in [1.807, 2.05) is 6.92 Å². The van der Waals surface area contributed by atoms with Crippen LogP contribution in [0.15, 0.2) is 24.3 Å². The van der Waals surface area contributed by atoms with Crippen LogP contribution in [0.4, 0.5) is 4.79 Å². The fourth-order valence-electron chi connectivity index (χ4n) is 1.66. The topological polar surface area (TPSA) is 78.4 Å². The van der Waals surface area contributed by atoms with Crippen molar-refractivity contribution in [3.63, 3.8) is 0 Å². The minimum atomic E-state index is -1.01. The summed E-state index contributed by atoms with van der Waals surface area (Å²) in [6, 6.07) is 5.74. The first-order valence-corrected chi connectivity index (χ1v) is 6.92. The third-order valence-electron chi connectivity index (χ3n) is 2.82. The number of amides is 2. The molecule has 0 aliphatic heterocycles. The van der Waals surface area contributed by atoms with E-state index in [4.69, 9.17) is 16.7 Å². The molecule has 110 valence electrons. The maximum Gasteiger partial charge on any atom is 0.326 e. The molecule has 0 heterocycles. The zero-order valence-electron chi connectivity index (χ0n) is 11.4. The summed E-state index contributed by atoms with van der Waals surface area (Å²) in [6.45, 7) is 2.29. The lowest BCUT2D eigenvalue weighted by Gasteiger charge is -2.14. The molecule has 2 amide bonds. The van der Waals surface area contributed by atoms with Gasteiger partial charge in [0.1, 0.15) is 6.04 Å². The zero-order chi connectivity index (χ0) is 15.0. The van der Waals surface area contributed by atoms with Gasteiger partial charge in [-0.2, -0.15) is 0 Å². The minimum absolute atomic E-state index is 0.323. The summed E-state index contributed by atoms with van der Waals surface area (Å²) in [7, 11) is 0. The van der Waals surface area contributed by atoms with Crippen LogP contribution in [0.1, 0.15) is 31.7 Å². The van der Waals surface area contributed by atoms with Gasteiger partial charge in [-0.15, -0.1) is 0 Å². The van der Waals surface area contributed by atoms with Gasteiger partial charge in [0.2, 0.25) is 0 Å². The number of hydrogen-bond donors (Lipinski definition) is 3. The molecule has 0 aromatic heterocycles. The molecule has 0 saturated carbocycles. The van der Waals surface area contributed by atoms with Crippen LogP contribution in [-0.4, -0.2) is 23.1 Å². The Kier molecular flexibility index (Phi) is 6.87. The van der Waals surface area contributed by atoms with E-state index in [0.29, 0.717) is 18.0 Å². The Morgan fingerprint density at radius 2 is 1.95 bits per heavy atom. The van der Waals surface area contributed by atoms with Crippen LogP contribution >= 0.6 is 11.6 Å². The number of carbonyl (C=O) groups excluding carboxylic acids is 1. The van der Waals surface area contributed by atoms with E-state index >= 15 is 0 Å². The molecule has 0 radical (unpaired) electrons. The number of aliphatic carboxylic acids is 1. The second-order valence-corrected chi connectivity index (χ2v) is 4.92. The Labute approximate surface area is 123 Å². The average molecular weight is 299 g/mol. The van der Waals surface area contributed by atoms with Crippen molar-refractivity contribution in [3.8, 4) is 0 Å². The Balaban J connectivity index is 2.41. The molecule has 3 N–H and O–H groups in total. The number of rotatable bonds is 7. The lowest BCUT2D eigenvalue weighted by Crippen LogP contribution is -2.45. The maximum atomic E-state index is 11.6. The van der Waals surface area contributed by atoms with Crippen LogP contribution in [0.25, 0.3) is 0 Å². The molecule has 5 nitrogen and oxygen atoms in total. The fraction of sp³-hybridized carbons (Fsp3) is 0.429. The largest absolute Gasteiger partial charge is 0.480 e. The van der Waals surface area contributed by atoms with Crippen molar-refractivity contribution in [2.45, 2.75) is 38.8 Å². The van der Waals surface area contributed by atoms with Gasteiger partial charge in [-0.3, -0.25) is 0 Å². The van der Waals surface area contributed by atoms with Crippen LogP contribution < -0.4 is 10.6 Å². The van der Waals surface area contributed by atoms with Crippen LogP contribution in [0.2, 0.25) is 5.02 Å². The maximum absolute atomic E-state index is 11.6. The highest BCUT2D eigenvalue weighted by Crippen LogP contribution is 2.09. The highest BCUT2D eigenvalue weighted by molar-refractivity contribution is 6.30. The third kappa shape index (κ3) is 5.93. The van der Waals surface area contributed by atoms with E-state index in [-0.39, 0.29) is 0 Å². The number of halogens is 1. The zero-order valence-corrected chi connectivity index (χ0v) is 12.1. The monoisotopic (exact) mass is 298 g/mol. The highest BCUT2D eigenvalue weighted by Gasteiger charge is 2.18. The van der Waals surface area contributed by atoms with Crippen molar-refractivity contribution in [3.05, 3.63) is 34.9 Å². The third-order valence-corrected chi connectivity index (χ3v) is 3.07. The van der Waals surface area contributed by atoms with Gasteiger partial charge < -0.3 is 15.7 Å². The molecule has 0 saturated heterocycles. The molecular formula is C14H19ClN2O3. The van der Waals surface area contributed by atoms with Crippen molar-refractivity contribution in [1.82, 2.24) is 10.6 Å². The summed E-state index contributed by atoms with van der Waals surface area (Å²) in [4.78, 5) is 22.6. The van der Waals surface area contributed by atoms with Gasteiger partial charge in [0.25, 0.3) is 0 Å². The van der Waals surface area contributed by atoms with Crippen molar-refractivity contribution in [2.75, 3.05) is 0 Å². The van der Waals surface area contributed by atoms with Gasteiger partial charge in [-0.1, -0.05) is 43.5 Å². The number of unbranched alkanes of at least 4 members (excludes halogenated alkanes) is 1. The standard InChI is InChI=1S/C14H19ClN2O3/c1-2-3-4-12(13(18)19)17-14(20)16-9-10-5-7-11(15)8-6-10/h5-8,12H,2-4,9H2,1H3,(H,18,19)(H2,16,17,20)/t12-/m0/s1. The number of urea groups is 1. The normalized spacial score (nSPS) is 11.7. The first-order valence-electron chi connectivity index (χ1n) is 6.54. The van der Waals surface area contributed by atoms with E-state index in [1.54, 1.807) is 24.3 Å². The predicted octanol–water partition coefficient (Wildman–Crippen LogP) is 2.78. The van der Waals surface area contributed by atoms with E-state index in [0.717, 1.165) is 18.4 Å². The minimum Gasteiger partial charge on any atom is -0.480 e. The first-order chi connectivity index (χ1) is 9.52. The summed E-state index contributed by atoms with van der Waals surface area (Å²) in [5.41, 5.74) is 0.894. The van der Waals surface area contributed by atoms with Gasteiger partial charge in [-0.25, -0.2) is 9.59 Å². The number of benzene rings is 1. The van der Waals surface area contributed by atoms with E-state index in [2.05, 4.69) is 10.6 Å². The van der Waals surface area contributed by atoms with E-state index in [1.165, 1.54) is 0 Å².